The first kappa shape index (κ1) is 29.0. The summed E-state index contributed by atoms with van der Waals surface area (Å²) in [4.78, 5) is 15.3. The van der Waals surface area contributed by atoms with E-state index in [2.05, 4.69) is 140 Å². The molecule has 4 nitrogen and oxygen atoms in total. The van der Waals surface area contributed by atoms with Gasteiger partial charge in [0, 0.05) is 27.5 Å². The quantitative estimate of drug-likeness (QED) is 0.186. The highest BCUT2D eigenvalue weighted by Crippen LogP contribution is 2.41. The molecule has 0 aliphatic carbocycles. The van der Waals surface area contributed by atoms with Crippen LogP contribution in [-0.2, 0) is 0 Å². The van der Waals surface area contributed by atoms with E-state index in [1.807, 2.05) is 36.4 Å². The summed E-state index contributed by atoms with van der Waals surface area (Å²) in [6, 6.07) is 61.1. The van der Waals surface area contributed by atoms with E-state index in [0.29, 0.717) is 17.5 Å². The van der Waals surface area contributed by atoms with E-state index in [1.165, 1.54) is 10.8 Å². The summed E-state index contributed by atoms with van der Waals surface area (Å²) in [7, 11) is 0. The number of benzene rings is 8. The third-order valence-corrected chi connectivity index (χ3v) is 9.69. The van der Waals surface area contributed by atoms with Gasteiger partial charge >= 0.3 is 0 Å². The molecule has 51 heavy (non-hydrogen) atoms. The normalized spacial score (nSPS) is 11.5. The summed E-state index contributed by atoms with van der Waals surface area (Å²) in [6.45, 7) is 0. The zero-order valence-corrected chi connectivity index (χ0v) is 27.5. The van der Waals surface area contributed by atoms with Gasteiger partial charge in [-0.05, 0) is 80.2 Å². The number of aromatic nitrogens is 3. The molecule has 0 saturated carbocycles. The summed E-state index contributed by atoms with van der Waals surface area (Å²) in [5.41, 5.74) is 8.89. The third-order valence-electron chi connectivity index (χ3n) is 9.69. The van der Waals surface area contributed by atoms with Gasteiger partial charge in [-0.25, -0.2) is 15.0 Å². The summed E-state index contributed by atoms with van der Waals surface area (Å²) < 4.78 is 6.44. The van der Waals surface area contributed by atoms with Gasteiger partial charge < -0.3 is 4.42 Å². The Kier molecular flexibility index (Phi) is 6.78. The number of rotatable bonds is 5. The van der Waals surface area contributed by atoms with Crippen LogP contribution in [0.5, 0.6) is 0 Å². The molecule has 2 aromatic heterocycles. The van der Waals surface area contributed by atoms with E-state index in [9.17, 15) is 0 Å². The highest BCUT2D eigenvalue weighted by molar-refractivity contribution is 6.15. The summed E-state index contributed by atoms with van der Waals surface area (Å²) in [5, 5.41) is 6.88. The lowest BCUT2D eigenvalue weighted by Gasteiger charge is -2.14. The van der Waals surface area contributed by atoms with Crippen molar-refractivity contribution in [2.24, 2.45) is 0 Å². The minimum absolute atomic E-state index is 0.621. The molecular weight excluding hydrogens is 623 g/mol. The van der Waals surface area contributed by atoms with Gasteiger partial charge in [0.2, 0.25) is 0 Å². The SMILES string of the molecule is c1ccc(-c2nc(-c3ccc4ccccc4c3)nc(-c3ccc(-c4cccc5oc6cc7ccccc7cc6c45)cc3-c3ccccc3)n2)cc1. The monoisotopic (exact) mass is 651 g/mol. The van der Waals surface area contributed by atoms with Crippen LogP contribution in [0.1, 0.15) is 0 Å². The van der Waals surface area contributed by atoms with Gasteiger partial charge in [-0.3, -0.25) is 0 Å². The van der Waals surface area contributed by atoms with Crippen LogP contribution in [0.25, 0.3) is 99.9 Å². The topological polar surface area (TPSA) is 51.8 Å². The maximum atomic E-state index is 6.44. The number of nitrogens with zero attached hydrogens (tertiary/aromatic N) is 3. The van der Waals surface area contributed by atoms with E-state index in [-0.39, 0.29) is 0 Å². The minimum Gasteiger partial charge on any atom is -0.456 e. The lowest BCUT2D eigenvalue weighted by atomic mass is 9.92. The summed E-state index contributed by atoms with van der Waals surface area (Å²) >= 11 is 0. The van der Waals surface area contributed by atoms with Gasteiger partial charge in [0.25, 0.3) is 0 Å². The molecule has 0 amide bonds. The van der Waals surface area contributed by atoms with E-state index in [0.717, 1.165) is 71.7 Å². The van der Waals surface area contributed by atoms with Crippen LogP contribution in [0.4, 0.5) is 0 Å². The molecular formula is C47H29N3O. The first-order chi connectivity index (χ1) is 25.2. The lowest BCUT2D eigenvalue weighted by molar-refractivity contribution is 0.669. The fourth-order valence-corrected chi connectivity index (χ4v) is 7.19. The zero-order chi connectivity index (χ0) is 33.7. The largest absolute Gasteiger partial charge is 0.456 e. The average Bonchev–Trinajstić information content (AvgIpc) is 3.57. The van der Waals surface area contributed by atoms with Gasteiger partial charge in [0.15, 0.2) is 17.5 Å². The summed E-state index contributed by atoms with van der Waals surface area (Å²) in [6.07, 6.45) is 0. The molecule has 0 N–H and O–H groups in total. The second kappa shape index (κ2) is 11.9. The van der Waals surface area contributed by atoms with E-state index < -0.39 is 0 Å². The molecule has 0 aliphatic heterocycles. The van der Waals surface area contributed by atoms with Crippen LogP contribution < -0.4 is 0 Å². The molecule has 4 heteroatoms. The fourth-order valence-electron chi connectivity index (χ4n) is 7.19. The molecule has 0 atom stereocenters. The molecule has 10 rings (SSSR count). The fraction of sp³-hybridized carbons (Fsp3) is 0. The smallest absolute Gasteiger partial charge is 0.164 e. The molecule has 0 aliphatic rings. The Morgan fingerprint density at radius 2 is 0.922 bits per heavy atom. The third kappa shape index (κ3) is 5.13. The van der Waals surface area contributed by atoms with Crippen molar-refractivity contribution in [3.63, 3.8) is 0 Å². The Morgan fingerprint density at radius 1 is 0.314 bits per heavy atom. The lowest BCUT2D eigenvalue weighted by Crippen LogP contribution is -2.01. The molecule has 0 fully saturated rings. The molecule has 0 spiro atoms. The van der Waals surface area contributed by atoms with Crippen LogP contribution >= 0.6 is 0 Å². The standard InChI is InChI=1S/C47H29N3O/c1-3-13-31(14-4-1)40-28-36(38-20-11-21-42-44(38)41-27-34-18-9-10-19-35(34)29-43(41)51-42)24-25-39(40)47-49-45(32-15-5-2-6-16-32)48-46(50-47)37-23-22-30-12-7-8-17-33(30)26-37/h1-29H. The second-order valence-corrected chi connectivity index (χ2v) is 12.8. The molecule has 0 radical (unpaired) electrons. The van der Waals surface area contributed by atoms with Crippen molar-refractivity contribution in [2.75, 3.05) is 0 Å². The second-order valence-electron chi connectivity index (χ2n) is 12.8. The van der Waals surface area contributed by atoms with Crippen molar-refractivity contribution in [2.45, 2.75) is 0 Å². The Bertz CT molecular complexity index is 2910. The van der Waals surface area contributed by atoms with Crippen LogP contribution in [0.3, 0.4) is 0 Å². The van der Waals surface area contributed by atoms with Gasteiger partial charge in [-0.1, -0.05) is 140 Å². The van der Waals surface area contributed by atoms with E-state index in [1.54, 1.807) is 0 Å². The molecule has 10 aromatic rings. The average molecular weight is 652 g/mol. The predicted molar refractivity (Wildman–Crippen MR) is 209 cm³/mol. The highest BCUT2D eigenvalue weighted by atomic mass is 16.3. The Morgan fingerprint density at radius 3 is 1.69 bits per heavy atom. The van der Waals surface area contributed by atoms with Crippen molar-refractivity contribution >= 4 is 43.5 Å². The number of hydrogen-bond acceptors (Lipinski definition) is 4. The van der Waals surface area contributed by atoms with Crippen molar-refractivity contribution < 1.29 is 4.42 Å². The molecule has 0 saturated heterocycles. The van der Waals surface area contributed by atoms with Crippen LogP contribution in [0.2, 0.25) is 0 Å². The Balaban J connectivity index is 1.20. The van der Waals surface area contributed by atoms with Gasteiger partial charge in [-0.15, -0.1) is 0 Å². The Hall–Kier alpha value is -6.91. The number of hydrogen-bond donors (Lipinski definition) is 0. The van der Waals surface area contributed by atoms with Crippen molar-refractivity contribution in [1.82, 2.24) is 15.0 Å². The minimum atomic E-state index is 0.621. The molecule has 0 bridgehead atoms. The summed E-state index contributed by atoms with van der Waals surface area (Å²) in [5.74, 6) is 1.89. The Labute approximate surface area is 294 Å². The van der Waals surface area contributed by atoms with Crippen molar-refractivity contribution in [1.29, 1.82) is 0 Å². The van der Waals surface area contributed by atoms with E-state index >= 15 is 0 Å². The number of fused-ring (bicyclic) bond motifs is 5. The first-order valence-corrected chi connectivity index (χ1v) is 17.1. The van der Waals surface area contributed by atoms with Gasteiger partial charge in [0.05, 0.1) is 0 Å². The van der Waals surface area contributed by atoms with Crippen molar-refractivity contribution in [3.8, 4) is 56.4 Å². The van der Waals surface area contributed by atoms with Gasteiger partial charge in [-0.2, -0.15) is 0 Å². The van der Waals surface area contributed by atoms with Crippen molar-refractivity contribution in [3.05, 3.63) is 176 Å². The van der Waals surface area contributed by atoms with E-state index in [4.69, 9.17) is 19.4 Å². The maximum Gasteiger partial charge on any atom is 0.164 e. The zero-order valence-electron chi connectivity index (χ0n) is 27.5. The molecule has 8 aromatic carbocycles. The predicted octanol–water partition coefficient (Wildman–Crippen LogP) is 12.4. The number of furan rings is 1. The molecule has 2 heterocycles. The van der Waals surface area contributed by atoms with Crippen LogP contribution in [0.15, 0.2) is 180 Å². The molecule has 0 unspecified atom stereocenters. The first-order valence-electron chi connectivity index (χ1n) is 17.1. The van der Waals surface area contributed by atoms with Crippen LogP contribution in [0, 0.1) is 0 Å². The highest BCUT2D eigenvalue weighted by Gasteiger charge is 2.19. The van der Waals surface area contributed by atoms with Gasteiger partial charge in [0.1, 0.15) is 11.2 Å². The molecule has 238 valence electrons. The van der Waals surface area contributed by atoms with Crippen LogP contribution in [-0.4, -0.2) is 15.0 Å². The maximum absolute atomic E-state index is 6.44.